The quantitative estimate of drug-likeness (QED) is 0.604. The number of hydrazine groups is 1. The van der Waals surface area contributed by atoms with Crippen LogP contribution < -0.4 is 14.6 Å². The molecule has 31 heavy (non-hydrogen) atoms. The molecule has 0 radical (unpaired) electrons. The fraction of sp³-hybridized carbons (Fsp3) is 0.652. The molecule has 2 rings (SSSR count). The monoisotopic (exact) mass is 436 g/mol. The van der Waals surface area contributed by atoms with Gasteiger partial charge in [0.2, 0.25) is 0 Å². The molecule has 1 aliphatic heterocycles. The van der Waals surface area contributed by atoms with Crippen molar-refractivity contribution in [3.63, 3.8) is 0 Å². The minimum atomic E-state index is -0.828. The van der Waals surface area contributed by atoms with Gasteiger partial charge in [-0.05, 0) is 49.8 Å². The van der Waals surface area contributed by atoms with Crippen molar-refractivity contribution in [1.82, 2.24) is 5.17 Å². The van der Waals surface area contributed by atoms with Crippen molar-refractivity contribution < 1.29 is 28.6 Å². The van der Waals surface area contributed by atoms with Crippen LogP contribution in [0.1, 0.15) is 80.4 Å². The van der Waals surface area contributed by atoms with Crippen molar-refractivity contribution in [1.29, 1.82) is 0 Å². The summed E-state index contributed by atoms with van der Waals surface area (Å²) in [5.74, 6) is 0.801. The predicted molar refractivity (Wildman–Crippen MR) is 119 cm³/mol. The Morgan fingerprint density at radius 3 is 1.77 bits per heavy atom. The number of fused-ring (bicyclic) bond motifs is 1. The van der Waals surface area contributed by atoms with Gasteiger partial charge < -0.3 is 19.0 Å². The van der Waals surface area contributed by atoms with Gasteiger partial charge in [-0.1, -0.05) is 41.5 Å². The van der Waals surface area contributed by atoms with Crippen LogP contribution >= 0.6 is 0 Å². The molecule has 0 atom stereocenters. The molecule has 1 aromatic carbocycles. The molecule has 1 aromatic rings. The lowest BCUT2D eigenvalue weighted by Gasteiger charge is -2.29. The van der Waals surface area contributed by atoms with Gasteiger partial charge in [-0.2, -0.15) is 0 Å². The highest BCUT2D eigenvalue weighted by molar-refractivity contribution is 5.97. The average Bonchev–Trinajstić information content (AvgIpc) is 2.97. The summed E-state index contributed by atoms with van der Waals surface area (Å²) in [4.78, 5) is 31.9. The topological polar surface area (TPSA) is 77.5 Å². The number of hydrogen-bond acceptors (Lipinski definition) is 6. The summed E-state index contributed by atoms with van der Waals surface area (Å²) in [5, 5.41) is 1.86. The number of carbonyl (C=O) groups excluding carboxylic acids is 2. The standard InChI is InChI=1S/C23H36N2O6/c1-13(2)29-20(26)24-17-18(28-11)15(22(5,6)7)12-16(23(8,9)10)19(17)31-25(24)21(27)30-14(3)4/h12-14H,1-11H3. The maximum Gasteiger partial charge on any atom is 0.464 e. The maximum atomic E-state index is 13.1. The third-order valence-corrected chi connectivity index (χ3v) is 4.60. The van der Waals surface area contributed by atoms with Crippen molar-refractivity contribution in [2.75, 3.05) is 12.1 Å². The summed E-state index contributed by atoms with van der Waals surface area (Å²) in [5.41, 5.74) is 1.38. The molecule has 2 amide bonds. The van der Waals surface area contributed by atoms with Crippen LogP contribution in [0.2, 0.25) is 0 Å². The molecule has 0 fully saturated rings. The van der Waals surface area contributed by atoms with E-state index < -0.39 is 24.4 Å². The van der Waals surface area contributed by atoms with Gasteiger partial charge in [0.25, 0.3) is 0 Å². The fourth-order valence-electron chi connectivity index (χ4n) is 3.24. The Bertz CT molecular complexity index is 849. The zero-order valence-corrected chi connectivity index (χ0v) is 20.6. The largest absolute Gasteiger partial charge is 0.494 e. The molecule has 174 valence electrons. The summed E-state index contributed by atoms with van der Waals surface area (Å²) >= 11 is 0. The van der Waals surface area contributed by atoms with E-state index in [9.17, 15) is 9.59 Å². The lowest BCUT2D eigenvalue weighted by Crippen LogP contribution is -2.49. The van der Waals surface area contributed by atoms with Gasteiger partial charge in [0.05, 0.1) is 19.3 Å². The minimum absolute atomic E-state index is 0.306. The van der Waals surface area contributed by atoms with Gasteiger partial charge >= 0.3 is 12.2 Å². The Balaban J connectivity index is 2.85. The van der Waals surface area contributed by atoms with Crippen LogP contribution in [0.4, 0.5) is 15.3 Å². The molecule has 0 aliphatic carbocycles. The van der Waals surface area contributed by atoms with E-state index in [1.807, 2.05) is 26.8 Å². The molecule has 0 unspecified atom stereocenters. The van der Waals surface area contributed by atoms with Gasteiger partial charge in [-0.25, -0.2) is 9.59 Å². The predicted octanol–water partition coefficient (Wildman–Crippen LogP) is 5.71. The average molecular weight is 437 g/mol. The first-order valence-corrected chi connectivity index (χ1v) is 10.5. The van der Waals surface area contributed by atoms with Crippen LogP contribution in [0.25, 0.3) is 0 Å². The molecule has 0 saturated heterocycles. The third-order valence-electron chi connectivity index (χ3n) is 4.60. The molecule has 1 heterocycles. The molecule has 0 aromatic heterocycles. The van der Waals surface area contributed by atoms with Crippen molar-refractivity contribution in [2.24, 2.45) is 0 Å². The van der Waals surface area contributed by atoms with E-state index in [2.05, 4.69) is 20.8 Å². The normalized spacial score (nSPS) is 14.0. The number of anilines is 1. The van der Waals surface area contributed by atoms with E-state index in [0.29, 0.717) is 17.2 Å². The van der Waals surface area contributed by atoms with Crippen LogP contribution in [-0.2, 0) is 20.3 Å². The molecular weight excluding hydrogens is 400 g/mol. The first kappa shape index (κ1) is 24.6. The van der Waals surface area contributed by atoms with Crippen molar-refractivity contribution in [2.45, 2.75) is 92.3 Å². The highest BCUT2D eigenvalue weighted by atomic mass is 16.8. The van der Waals surface area contributed by atoms with Gasteiger partial charge in [-0.3, -0.25) is 0 Å². The number of hydroxylamine groups is 1. The molecule has 8 heteroatoms. The van der Waals surface area contributed by atoms with Crippen molar-refractivity contribution in [3.8, 4) is 11.5 Å². The zero-order valence-electron chi connectivity index (χ0n) is 20.6. The number of rotatable bonds is 3. The second kappa shape index (κ2) is 8.48. The Labute approximate surface area is 185 Å². The van der Waals surface area contributed by atoms with E-state index >= 15 is 0 Å². The lowest BCUT2D eigenvalue weighted by atomic mass is 9.79. The van der Waals surface area contributed by atoms with Gasteiger partial charge in [0, 0.05) is 11.1 Å². The Kier molecular flexibility index (Phi) is 6.73. The van der Waals surface area contributed by atoms with Crippen LogP contribution in [-0.4, -0.2) is 36.7 Å². The van der Waals surface area contributed by atoms with Gasteiger partial charge in [-0.15, -0.1) is 5.01 Å². The van der Waals surface area contributed by atoms with E-state index in [0.717, 1.165) is 21.3 Å². The molecule has 0 bridgehead atoms. The molecule has 8 nitrogen and oxygen atoms in total. The Morgan fingerprint density at radius 1 is 0.871 bits per heavy atom. The maximum absolute atomic E-state index is 13.1. The number of hydrogen-bond donors (Lipinski definition) is 0. The number of amides is 2. The second-order valence-electron chi connectivity index (χ2n) is 10.2. The van der Waals surface area contributed by atoms with Gasteiger partial charge in [0.15, 0.2) is 17.2 Å². The van der Waals surface area contributed by atoms with E-state index in [-0.39, 0.29) is 10.8 Å². The summed E-state index contributed by atoms with van der Waals surface area (Å²) in [6.45, 7) is 19.2. The minimum Gasteiger partial charge on any atom is -0.494 e. The molecular formula is C23H36N2O6. The number of methoxy groups -OCH3 is 1. The number of carbonyl (C=O) groups is 2. The van der Waals surface area contributed by atoms with E-state index in [4.69, 9.17) is 19.0 Å². The van der Waals surface area contributed by atoms with E-state index in [1.165, 1.54) is 7.11 Å². The number of nitrogens with zero attached hydrogens (tertiary/aromatic N) is 2. The lowest BCUT2D eigenvalue weighted by molar-refractivity contribution is -0.0494. The Hall–Kier alpha value is -2.64. The molecule has 0 N–H and O–H groups in total. The zero-order chi connectivity index (χ0) is 23.9. The number of ether oxygens (including phenoxy) is 3. The smallest absolute Gasteiger partial charge is 0.464 e. The van der Waals surface area contributed by atoms with E-state index in [1.54, 1.807) is 27.7 Å². The SMILES string of the molecule is COc1c(C(C)(C)C)cc(C(C)(C)C)c2c1N(C(=O)OC(C)C)N(C(=O)OC(C)C)O2. The third kappa shape index (κ3) is 4.99. The highest BCUT2D eigenvalue weighted by Gasteiger charge is 2.47. The molecule has 0 spiro atoms. The Morgan fingerprint density at radius 2 is 1.35 bits per heavy atom. The first-order chi connectivity index (χ1) is 14.1. The van der Waals surface area contributed by atoms with Gasteiger partial charge in [0.1, 0.15) is 0 Å². The molecule has 0 saturated carbocycles. The first-order valence-electron chi connectivity index (χ1n) is 10.5. The summed E-state index contributed by atoms with van der Waals surface area (Å²) in [6.07, 6.45) is -2.40. The molecule has 1 aliphatic rings. The van der Waals surface area contributed by atoms with Crippen LogP contribution in [0.3, 0.4) is 0 Å². The highest BCUT2D eigenvalue weighted by Crippen LogP contribution is 2.53. The van der Waals surface area contributed by atoms with Crippen LogP contribution in [0.5, 0.6) is 11.5 Å². The summed E-state index contributed by atoms with van der Waals surface area (Å²) in [7, 11) is 1.53. The summed E-state index contributed by atoms with van der Waals surface area (Å²) < 4.78 is 16.5. The van der Waals surface area contributed by atoms with Crippen molar-refractivity contribution in [3.05, 3.63) is 17.2 Å². The van der Waals surface area contributed by atoms with Crippen LogP contribution in [0, 0.1) is 0 Å². The number of benzene rings is 1. The summed E-state index contributed by atoms with van der Waals surface area (Å²) in [6, 6.07) is 2.01. The van der Waals surface area contributed by atoms with Crippen LogP contribution in [0.15, 0.2) is 6.07 Å². The van der Waals surface area contributed by atoms with Crippen molar-refractivity contribution >= 4 is 17.9 Å². The second-order valence-corrected chi connectivity index (χ2v) is 10.2. The fourth-order valence-corrected chi connectivity index (χ4v) is 3.24.